The standard InChI is InChI=1S/C23H31FN2O3/c1-16-11-13-23(14-12-16)26(22(28)18-9-5-6-10-19(18)24)20(15-29-23)21(27)25-17-7-3-2-4-8-17/h5-6,9-10,16-17,20H,2-4,7-8,11-15H2,1H3,(H,25,27). The molecule has 1 atom stereocenters. The van der Waals surface area contributed by atoms with Gasteiger partial charge in [-0.05, 0) is 56.6 Å². The van der Waals surface area contributed by atoms with E-state index in [-0.39, 0.29) is 24.1 Å². The summed E-state index contributed by atoms with van der Waals surface area (Å²) in [6.07, 6.45) is 8.61. The van der Waals surface area contributed by atoms with Crippen LogP contribution in [0.2, 0.25) is 0 Å². The Labute approximate surface area is 172 Å². The molecule has 1 saturated heterocycles. The fourth-order valence-electron chi connectivity index (χ4n) is 5.09. The summed E-state index contributed by atoms with van der Waals surface area (Å²) >= 11 is 0. The molecule has 3 fully saturated rings. The molecular weight excluding hydrogens is 371 g/mol. The maximum atomic E-state index is 14.4. The van der Waals surface area contributed by atoms with Gasteiger partial charge in [0.1, 0.15) is 17.6 Å². The fraction of sp³-hybridized carbons (Fsp3) is 0.652. The number of hydrogen-bond acceptors (Lipinski definition) is 3. The fourth-order valence-corrected chi connectivity index (χ4v) is 5.09. The number of halogens is 1. The highest BCUT2D eigenvalue weighted by Gasteiger charge is 2.54. The molecule has 1 aromatic carbocycles. The molecule has 0 radical (unpaired) electrons. The van der Waals surface area contributed by atoms with Gasteiger partial charge in [-0.1, -0.05) is 38.3 Å². The lowest BCUT2D eigenvalue weighted by molar-refractivity contribution is -0.128. The van der Waals surface area contributed by atoms with Crippen molar-refractivity contribution < 1.29 is 18.7 Å². The molecule has 1 unspecified atom stereocenters. The zero-order valence-corrected chi connectivity index (χ0v) is 17.2. The van der Waals surface area contributed by atoms with Gasteiger partial charge >= 0.3 is 0 Å². The van der Waals surface area contributed by atoms with Crippen LogP contribution in [0, 0.1) is 11.7 Å². The molecule has 2 amide bonds. The molecule has 3 aliphatic rings. The van der Waals surface area contributed by atoms with E-state index >= 15 is 0 Å². The molecule has 1 heterocycles. The second-order valence-corrected chi connectivity index (χ2v) is 8.95. The second-order valence-electron chi connectivity index (χ2n) is 8.95. The lowest BCUT2D eigenvalue weighted by Gasteiger charge is -2.43. The molecule has 2 aliphatic carbocycles. The first kappa shape index (κ1) is 20.3. The number of benzene rings is 1. The van der Waals surface area contributed by atoms with Crippen LogP contribution >= 0.6 is 0 Å². The van der Waals surface area contributed by atoms with Crippen molar-refractivity contribution in [1.29, 1.82) is 0 Å². The maximum absolute atomic E-state index is 14.4. The number of carbonyl (C=O) groups is 2. The third-order valence-electron chi connectivity index (χ3n) is 6.89. The lowest BCUT2D eigenvalue weighted by Crippen LogP contribution is -2.57. The predicted molar refractivity (Wildman–Crippen MR) is 108 cm³/mol. The van der Waals surface area contributed by atoms with Crippen LogP contribution in [0.3, 0.4) is 0 Å². The first-order chi connectivity index (χ1) is 14.0. The molecule has 1 aromatic rings. The Balaban J connectivity index is 1.60. The minimum atomic E-state index is -0.805. The molecule has 6 heteroatoms. The van der Waals surface area contributed by atoms with Crippen LogP contribution in [0.4, 0.5) is 4.39 Å². The number of nitrogens with one attached hydrogen (secondary N) is 1. The summed E-state index contributed by atoms with van der Waals surface area (Å²) < 4.78 is 20.6. The van der Waals surface area contributed by atoms with E-state index in [1.807, 2.05) is 0 Å². The van der Waals surface area contributed by atoms with E-state index in [1.165, 1.54) is 18.6 Å². The smallest absolute Gasteiger partial charge is 0.259 e. The highest BCUT2D eigenvalue weighted by Crippen LogP contribution is 2.43. The van der Waals surface area contributed by atoms with Gasteiger partial charge in [0.05, 0.1) is 12.2 Å². The van der Waals surface area contributed by atoms with Gasteiger partial charge in [0.25, 0.3) is 5.91 Å². The maximum Gasteiger partial charge on any atom is 0.259 e. The van der Waals surface area contributed by atoms with Gasteiger partial charge in [0.2, 0.25) is 5.91 Å². The van der Waals surface area contributed by atoms with E-state index in [2.05, 4.69) is 12.2 Å². The summed E-state index contributed by atoms with van der Waals surface area (Å²) in [6.45, 7) is 2.37. The van der Waals surface area contributed by atoms with Gasteiger partial charge in [-0.25, -0.2) is 4.39 Å². The van der Waals surface area contributed by atoms with Crippen molar-refractivity contribution in [3.63, 3.8) is 0 Å². The minimum absolute atomic E-state index is 0.00598. The molecule has 1 aliphatic heterocycles. The number of ether oxygens (including phenoxy) is 1. The van der Waals surface area contributed by atoms with Crippen molar-refractivity contribution in [3.8, 4) is 0 Å². The third kappa shape index (κ3) is 4.04. The molecule has 158 valence electrons. The van der Waals surface area contributed by atoms with Gasteiger partial charge in [0, 0.05) is 6.04 Å². The monoisotopic (exact) mass is 402 g/mol. The Morgan fingerprint density at radius 1 is 1.10 bits per heavy atom. The first-order valence-corrected chi connectivity index (χ1v) is 11.0. The average Bonchev–Trinajstić information content (AvgIpc) is 3.10. The van der Waals surface area contributed by atoms with E-state index in [1.54, 1.807) is 17.0 Å². The van der Waals surface area contributed by atoms with Gasteiger partial charge in [-0.15, -0.1) is 0 Å². The minimum Gasteiger partial charge on any atom is -0.353 e. The Morgan fingerprint density at radius 3 is 2.48 bits per heavy atom. The van der Waals surface area contributed by atoms with Crippen molar-refractivity contribution in [2.24, 2.45) is 5.92 Å². The quantitative estimate of drug-likeness (QED) is 0.831. The van der Waals surface area contributed by atoms with Gasteiger partial charge < -0.3 is 10.1 Å². The Bertz CT molecular complexity index is 754. The number of hydrogen-bond donors (Lipinski definition) is 1. The zero-order chi connectivity index (χ0) is 20.4. The summed E-state index contributed by atoms with van der Waals surface area (Å²) in [5.41, 5.74) is -0.799. The van der Waals surface area contributed by atoms with Crippen molar-refractivity contribution >= 4 is 11.8 Å². The summed E-state index contributed by atoms with van der Waals surface area (Å²) in [4.78, 5) is 28.2. The van der Waals surface area contributed by atoms with Crippen molar-refractivity contribution in [2.45, 2.75) is 82.5 Å². The second kappa shape index (κ2) is 8.42. The van der Waals surface area contributed by atoms with Crippen molar-refractivity contribution in [2.75, 3.05) is 6.61 Å². The Hall–Kier alpha value is -1.95. The number of amides is 2. The predicted octanol–water partition coefficient (Wildman–Crippen LogP) is 4.02. The third-order valence-corrected chi connectivity index (χ3v) is 6.89. The van der Waals surface area contributed by atoms with E-state index in [0.29, 0.717) is 18.8 Å². The van der Waals surface area contributed by atoms with E-state index < -0.39 is 23.5 Å². The molecular formula is C23H31FN2O3. The normalized spacial score (nSPS) is 30.5. The molecule has 2 saturated carbocycles. The molecule has 5 nitrogen and oxygen atoms in total. The molecule has 0 bridgehead atoms. The molecule has 4 rings (SSSR count). The Kier molecular flexibility index (Phi) is 5.91. The van der Waals surface area contributed by atoms with E-state index in [0.717, 1.165) is 38.5 Å². The van der Waals surface area contributed by atoms with Crippen LogP contribution in [0.5, 0.6) is 0 Å². The number of nitrogens with zero attached hydrogens (tertiary/aromatic N) is 1. The van der Waals surface area contributed by atoms with Crippen molar-refractivity contribution in [3.05, 3.63) is 35.6 Å². The zero-order valence-electron chi connectivity index (χ0n) is 17.2. The molecule has 1 N–H and O–H groups in total. The summed E-state index contributed by atoms with van der Waals surface area (Å²) in [6, 6.07) is 5.45. The Morgan fingerprint density at radius 2 is 1.79 bits per heavy atom. The average molecular weight is 403 g/mol. The largest absolute Gasteiger partial charge is 0.353 e. The van der Waals surface area contributed by atoms with Gasteiger partial charge in [0.15, 0.2) is 0 Å². The van der Waals surface area contributed by atoms with E-state index in [9.17, 15) is 14.0 Å². The molecule has 29 heavy (non-hydrogen) atoms. The van der Waals surface area contributed by atoms with E-state index in [4.69, 9.17) is 4.74 Å². The van der Waals surface area contributed by atoms with Crippen LogP contribution < -0.4 is 5.32 Å². The summed E-state index contributed by atoms with van der Waals surface area (Å²) in [5.74, 6) is -0.615. The van der Waals surface area contributed by atoms with Crippen LogP contribution in [-0.2, 0) is 9.53 Å². The van der Waals surface area contributed by atoms with Crippen LogP contribution in [-0.4, -0.2) is 41.1 Å². The molecule has 0 aromatic heterocycles. The van der Waals surface area contributed by atoms with Crippen LogP contribution in [0.15, 0.2) is 24.3 Å². The highest BCUT2D eigenvalue weighted by atomic mass is 19.1. The lowest BCUT2D eigenvalue weighted by atomic mass is 9.83. The highest BCUT2D eigenvalue weighted by molar-refractivity contribution is 5.98. The number of carbonyl (C=O) groups excluding carboxylic acids is 2. The topological polar surface area (TPSA) is 58.6 Å². The first-order valence-electron chi connectivity index (χ1n) is 11.0. The summed E-state index contributed by atoms with van der Waals surface area (Å²) in [5, 5.41) is 3.14. The number of rotatable bonds is 3. The molecule has 1 spiro atoms. The van der Waals surface area contributed by atoms with Gasteiger partial charge in [-0.3, -0.25) is 14.5 Å². The van der Waals surface area contributed by atoms with Gasteiger partial charge in [-0.2, -0.15) is 0 Å². The summed E-state index contributed by atoms with van der Waals surface area (Å²) in [7, 11) is 0. The van der Waals surface area contributed by atoms with Crippen molar-refractivity contribution in [1.82, 2.24) is 10.2 Å². The SMILES string of the molecule is CC1CCC2(CC1)OCC(C(=O)NC1CCCCC1)N2C(=O)c1ccccc1F. The van der Waals surface area contributed by atoms with Crippen LogP contribution in [0.25, 0.3) is 0 Å². The van der Waals surface area contributed by atoms with Crippen LogP contribution in [0.1, 0.15) is 75.1 Å².